The maximum Gasteiger partial charge on any atom is 0.127 e. The lowest BCUT2D eigenvalue weighted by molar-refractivity contribution is 0.480. The molecule has 2 aromatic rings. The Kier molecular flexibility index (Phi) is 3.76. The Bertz CT molecular complexity index is 530. The molecule has 0 atom stereocenters. The summed E-state index contributed by atoms with van der Waals surface area (Å²) in [5.74, 6) is 1.58. The number of anilines is 1. The van der Waals surface area contributed by atoms with Gasteiger partial charge in [0.1, 0.15) is 11.5 Å². The number of hydrogen-bond donors (Lipinski definition) is 2. The summed E-state index contributed by atoms with van der Waals surface area (Å²) >= 11 is 0. The van der Waals surface area contributed by atoms with E-state index in [4.69, 9.17) is 16.2 Å². The maximum atomic E-state index is 5.77. The molecule has 0 unspecified atom stereocenters. The quantitative estimate of drug-likeness (QED) is 0.825. The minimum Gasteiger partial charge on any atom is -0.457 e. The lowest BCUT2D eigenvalue weighted by Gasteiger charge is -2.23. The Morgan fingerprint density at radius 1 is 0.895 bits per heavy atom. The molecule has 0 aliphatic rings. The molecule has 0 saturated carbocycles. The van der Waals surface area contributed by atoms with Crippen LogP contribution in [0.2, 0.25) is 0 Å². The highest BCUT2D eigenvalue weighted by Gasteiger charge is 2.17. The van der Waals surface area contributed by atoms with Crippen molar-refractivity contribution in [2.75, 3.05) is 12.3 Å². The van der Waals surface area contributed by atoms with Crippen molar-refractivity contribution in [2.24, 2.45) is 5.73 Å². The minimum atomic E-state index is -0.0142. The first-order chi connectivity index (χ1) is 9.01. The highest BCUT2D eigenvalue weighted by molar-refractivity contribution is 5.43. The summed E-state index contributed by atoms with van der Waals surface area (Å²) in [5.41, 5.74) is 13.3. The Morgan fingerprint density at radius 3 is 1.84 bits per heavy atom. The van der Waals surface area contributed by atoms with E-state index in [9.17, 15) is 0 Å². The third-order valence-electron chi connectivity index (χ3n) is 3.26. The zero-order chi connectivity index (χ0) is 13.9. The molecule has 0 bridgehead atoms. The molecule has 0 fully saturated rings. The van der Waals surface area contributed by atoms with Gasteiger partial charge in [0.05, 0.1) is 0 Å². The SMILES string of the molecule is CC(C)(CN)c1ccc(Oc2ccc(N)cc2)cc1. The van der Waals surface area contributed by atoms with Crippen LogP contribution in [0.25, 0.3) is 0 Å². The monoisotopic (exact) mass is 256 g/mol. The highest BCUT2D eigenvalue weighted by atomic mass is 16.5. The Morgan fingerprint density at radius 2 is 1.37 bits per heavy atom. The van der Waals surface area contributed by atoms with Crippen LogP contribution < -0.4 is 16.2 Å². The normalized spacial score (nSPS) is 11.3. The van der Waals surface area contributed by atoms with E-state index in [1.54, 1.807) is 0 Å². The topological polar surface area (TPSA) is 61.3 Å². The fraction of sp³-hybridized carbons (Fsp3) is 0.250. The van der Waals surface area contributed by atoms with Crippen LogP contribution in [0.5, 0.6) is 11.5 Å². The van der Waals surface area contributed by atoms with Crippen LogP contribution in [-0.4, -0.2) is 6.54 Å². The first kappa shape index (κ1) is 13.4. The van der Waals surface area contributed by atoms with E-state index in [1.807, 2.05) is 36.4 Å². The van der Waals surface area contributed by atoms with Crippen molar-refractivity contribution in [1.29, 1.82) is 0 Å². The molecule has 0 aromatic heterocycles. The van der Waals surface area contributed by atoms with Crippen molar-refractivity contribution < 1.29 is 4.74 Å². The number of benzene rings is 2. The standard InChI is InChI=1S/C16H20N2O/c1-16(2,11-17)12-3-7-14(8-4-12)19-15-9-5-13(18)6-10-15/h3-10H,11,17-18H2,1-2H3. The molecule has 0 spiro atoms. The summed E-state index contributed by atoms with van der Waals surface area (Å²) < 4.78 is 5.75. The van der Waals surface area contributed by atoms with Gasteiger partial charge in [-0.25, -0.2) is 0 Å². The van der Waals surface area contributed by atoms with E-state index in [-0.39, 0.29) is 5.41 Å². The Labute approximate surface area is 114 Å². The van der Waals surface area contributed by atoms with Crippen molar-refractivity contribution in [1.82, 2.24) is 0 Å². The molecule has 2 rings (SSSR count). The van der Waals surface area contributed by atoms with E-state index < -0.39 is 0 Å². The molecule has 19 heavy (non-hydrogen) atoms. The smallest absolute Gasteiger partial charge is 0.127 e. The average Bonchev–Trinajstić information content (AvgIpc) is 2.42. The number of nitrogen functional groups attached to an aromatic ring is 1. The van der Waals surface area contributed by atoms with E-state index in [0.717, 1.165) is 17.2 Å². The number of rotatable bonds is 4. The molecule has 0 aliphatic heterocycles. The van der Waals surface area contributed by atoms with Crippen LogP contribution in [0.15, 0.2) is 48.5 Å². The van der Waals surface area contributed by atoms with Gasteiger partial charge in [-0.15, -0.1) is 0 Å². The molecule has 0 amide bonds. The van der Waals surface area contributed by atoms with Gasteiger partial charge in [-0.2, -0.15) is 0 Å². The largest absolute Gasteiger partial charge is 0.457 e. The maximum absolute atomic E-state index is 5.77. The predicted octanol–water partition coefficient (Wildman–Crippen LogP) is 3.30. The highest BCUT2D eigenvalue weighted by Crippen LogP contribution is 2.27. The van der Waals surface area contributed by atoms with E-state index >= 15 is 0 Å². The van der Waals surface area contributed by atoms with Crippen molar-refractivity contribution >= 4 is 5.69 Å². The van der Waals surface area contributed by atoms with Gasteiger partial charge in [-0.1, -0.05) is 26.0 Å². The third-order valence-corrected chi connectivity index (χ3v) is 3.26. The van der Waals surface area contributed by atoms with Gasteiger partial charge in [0.2, 0.25) is 0 Å². The average molecular weight is 256 g/mol. The molecule has 0 radical (unpaired) electrons. The molecular weight excluding hydrogens is 236 g/mol. The third kappa shape index (κ3) is 3.26. The summed E-state index contributed by atoms with van der Waals surface area (Å²) in [7, 11) is 0. The van der Waals surface area contributed by atoms with Crippen LogP contribution in [0.1, 0.15) is 19.4 Å². The van der Waals surface area contributed by atoms with Crippen molar-refractivity contribution in [3.05, 3.63) is 54.1 Å². The fourth-order valence-electron chi connectivity index (χ4n) is 1.76. The molecule has 0 aliphatic carbocycles. The van der Waals surface area contributed by atoms with E-state index in [2.05, 4.69) is 26.0 Å². The first-order valence-corrected chi connectivity index (χ1v) is 6.35. The molecule has 100 valence electrons. The van der Waals surface area contributed by atoms with Gasteiger partial charge in [0, 0.05) is 17.6 Å². The van der Waals surface area contributed by atoms with Crippen LogP contribution in [-0.2, 0) is 5.41 Å². The number of nitrogens with two attached hydrogens (primary N) is 2. The molecule has 2 aromatic carbocycles. The van der Waals surface area contributed by atoms with Crippen molar-refractivity contribution in [3.63, 3.8) is 0 Å². The molecule has 4 N–H and O–H groups in total. The van der Waals surface area contributed by atoms with Crippen LogP contribution in [0.3, 0.4) is 0 Å². The van der Waals surface area contributed by atoms with E-state index in [0.29, 0.717) is 6.54 Å². The molecular formula is C16H20N2O. The van der Waals surface area contributed by atoms with Crippen molar-refractivity contribution in [3.8, 4) is 11.5 Å². The van der Waals surface area contributed by atoms with Gasteiger partial charge >= 0.3 is 0 Å². The fourth-order valence-corrected chi connectivity index (χ4v) is 1.76. The molecule has 3 heteroatoms. The summed E-state index contributed by atoms with van der Waals surface area (Å²) in [6.07, 6.45) is 0. The number of ether oxygens (including phenoxy) is 1. The molecule has 0 heterocycles. The van der Waals surface area contributed by atoms with Crippen molar-refractivity contribution in [2.45, 2.75) is 19.3 Å². The lowest BCUT2D eigenvalue weighted by Crippen LogP contribution is -2.27. The van der Waals surface area contributed by atoms with Gasteiger partial charge in [-0.05, 0) is 42.0 Å². The first-order valence-electron chi connectivity index (χ1n) is 6.35. The molecule has 3 nitrogen and oxygen atoms in total. The minimum absolute atomic E-state index is 0.0142. The zero-order valence-corrected chi connectivity index (χ0v) is 11.4. The van der Waals surface area contributed by atoms with E-state index in [1.165, 1.54) is 5.56 Å². The summed E-state index contributed by atoms with van der Waals surface area (Å²) in [6, 6.07) is 15.4. The van der Waals surface area contributed by atoms with Gasteiger partial charge in [0.15, 0.2) is 0 Å². The van der Waals surface area contributed by atoms with Gasteiger partial charge in [0.25, 0.3) is 0 Å². The number of hydrogen-bond acceptors (Lipinski definition) is 3. The molecule has 0 saturated heterocycles. The summed E-state index contributed by atoms with van der Waals surface area (Å²) in [5, 5.41) is 0. The summed E-state index contributed by atoms with van der Waals surface area (Å²) in [6.45, 7) is 4.87. The zero-order valence-electron chi connectivity index (χ0n) is 11.4. The lowest BCUT2D eigenvalue weighted by atomic mass is 9.85. The second-order valence-corrected chi connectivity index (χ2v) is 5.28. The van der Waals surface area contributed by atoms with Crippen LogP contribution >= 0.6 is 0 Å². The Balaban J connectivity index is 2.13. The van der Waals surface area contributed by atoms with Gasteiger partial charge in [-0.3, -0.25) is 0 Å². The summed E-state index contributed by atoms with van der Waals surface area (Å²) in [4.78, 5) is 0. The Hall–Kier alpha value is -2.00. The second-order valence-electron chi connectivity index (χ2n) is 5.28. The van der Waals surface area contributed by atoms with Gasteiger partial charge < -0.3 is 16.2 Å². The van der Waals surface area contributed by atoms with Crippen LogP contribution in [0.4, 0.5) is 5.69 Å². The second kappa shape index (κ2) is 5.33. The van der Waals surface area contributed by atoms with Crippen LogP contribution in [0, 0.1) is 0 Å². The predicted molar refractivity (Wildman–Crippen MR) is 79.5 cm³/mol.